The summed E-state index contributed by atoms with van der Waals surface area (Å²) in [5.74, 6) is 0. The smallest absolute Gasteiger partial charge is 0.192 e. The monoisotopic (exact) mass is 572 g/mol. The molecular formula is C25H35O5P3S2. The van der Waals surface area contributed by atoms with E-state index in [1.807, 2.05) is 60.7 Å². The minimum atomic E-state index is -3.08. The summed E-state index contributed by atoms with van der Waals surface area (Å²) in [6.45, 7) is 4.98. The van der Waals surface area contributed by atoms with E-state index in [1.165, 1.54) is 0 Å². The second-order valence-electron chi connectivity index (χ2n) is 11.0. The van der Waals surface area contributed by atoms with Crippen LogP contribution in [0.4, 0.5) is 0 Å². The van der Waals surface area contributed by atoms with Crippen LogP contribution in [0, 0.1) is 10.8 Å². The molecule has 0 radical (unpaired) electrons. The number of hydrogen-bond acceptors (Lipinski definition) is 7. The molecule has 1 atom stereocenters. The minimum absolute atomic E-state index is 0.0934. The van der Waals surface area contributed by atoms with Crippen LogP contribution >= 0.6 is 20.1 Å². The molecule has 5 nitrogen and oxygen atoms in total. The van der Waals surface area contributed by atoms with Gasteiger partial charge in [0.1, 0.15) is 7.14 Å². The van der Waals surface area contributed by atoms with E-state index in [2.05, 4.69) is 27.7 Å². The van der Waals surface area contributed by atoms with Gasteiger partial charge in [0.2, 0.25) is 0 Å². The molecular weight excluding hydrogens is 537 g/mol. The summed E-state index contributed by atoms with van der Waals surface area (Å²) in [6, 6.07) is 19.3. The lowest BCUT2D eigenvalue weighted by atomic mass is 9.97. The largest absolute Gasteiger partial charge is 0.329 e. The van der Waals surface area contributed by atoms with Crippen molar-refractivity contribution < 1.29 is 22.7 Å². The number of rotatable bonds is 7. The van der Waals surface area contributed by atoms with E-state index in [0.29, 0.717) is 38.8 Å². The standard InChI is InChI=1S/C25H35O5P3S2/c1-24(2)17-27-32(34,28-18-24)16-23(33(35)29-19-25(3,4)20-30-33)15-31(26,21-11-7-5-8-12-21)22-13-9-6-10-14-22/h5-14,23H,15-20H2,1-4H3. The van der Waals surface area contributed by atoms with Gasteiger partial charge in [0.15, 0.2) is 13.0 Å². The van der Waals surface area contributed by atoms with Crippen molar-refractivity contribution in [2.75, 3.05) is 38.8 Å². The molecule has 2 aromatic rings. The summed E-state index contributed by atoms with van der Waals surface area (Å²) in [5.41, 5.74) is -0.575. The van der Waals surface area contributed by atoms with Gasteiger partial charge in [-0.05, 0) is 23.6 Å². The topological polar surface area (TPSA) is 54.0 Å². The van der Waals surface area contributed by atoms with Crippen molar-refractivity contribution in [1.29, 1.82) is 0 Å². The van der Waals surface area contributed by atoms with Gasteiger partial charge in [-0.15, -0.1) is 0 Å². The molecule has 10 heteroatoms. The fourth-order valence-corrected chi connectivity index (χ4v) is 16.2. The molecule has 2 fully saturated rings. The zero-order valence-electron chi connectivity index (χ0n) is 20.8. The molecule has 4 rings (SSSR count). The summed E-state index contributed by atoms with van der Waals surface area (Å²) in [4.78, 5) is 0. The van der Waals surface area contributed by atoms with Crippen LogP contribution in [-0.2, 0) is 46.3 Å². The van der Waals surface area contributed by atoms with Gasteiger partial charge < -0.3 is 22.7 Å². The van der Waals surface area contributed by atoms with Crippen molar-refractivity contribution in [3.63, 3.8) is 0 Å². The highest BCUT2D eigenvalue weighted by atomic mass is 32.5. The molecule has 0 spiro atoms. The Labute approximate surface area is 220 Å². The molecule has 192 valence electrons. The Balaban J connectivity index is 1.73. The van der Waals surface area contributed by atoms with Crippen LogP contribution in [0.2, 0.25) is 0 Å². The molecule has 0 aromatic heterocycles. The van der Waals surface area contributed by atoms with Crippen LogP contribution in [0.15, 0.2) is 60.7 Å². The van der Waals surface area contributed by atoms with Crippen molar-refractivity contribution in [3.8, 4) is 0 Å². The Hall–Kier alpha value is -0.190. The van der Waals surface area contributed by atoms with Crippen LogP contribution in [0.5, 0.6) is 0 Å². The van der Waals surface area contributed by atoms with Crippen molar-refractivity contribution in [2.45, 2.75) is 33.4 Å². The van der Waals surface area contributed by atoms with Gasteiger partial charge >= 0.3 is 0 Å². The van der Waals surface area contributed by atoms with E-state index in [-0.39, 0.29) is 16.5 Å². The first-order valence-corrected chi connectivity index (χ1v) is 19.2. The fourth-order valence-electron chi connectivity index (χ4n) is 4.06. The Morgan fingerprint density at radius 2 is 1.17 bits per heavy atom. The third-order valence-electron chi connectivity index (χ3n) is 6.27. The van der Waals surface area contributed by atoms with Crippen LogP contribution in [-0.4, -0.2) is 44.4 Å². The SMILES string of the molecule is CC1(C)COP(=S)(CC(CP(=O)(c2ccccc2)c2ccccc2)P2(=S)OCC(C)(C)CO2)OC1. The molecule has 0 aliphatic carbocycles. The van der Waals surface area contributed by atoms with E-state index in [9.17, 15) is 4.57 Å². The Morgan fingerprint density at radius 1 is 0.771 bits per heavy atom. The van der Waals surface area contributed by atoms with Crippen molar-refractivity contribution >= 4 is 54.3 Å². The number of benzene rings is 2. The molecule has 2 aliphatic heterocycles. The zero-order chi connectivity index (χ0) is 25.4. The summed E-state index contributed by atoms with van der Waals surface area (Å²) >= 11 is 12.1. The molecule has 0 saturated carbocycles. The van der Waals surface area contributed by atoms with E-state index in [0.717, 1.165) is 10.6 Å². The average molecular weight is 573 g/mol. The fraction of sp³-hybridized carbons (Fsp3) is 0.520. The molecule has 0 bridgehead atoms. The first kappa shape index (κ1) is 27.8. The first-order chi connectivity index (χ1) is 16.4. The Morgan fingerprint density at radius 3 is 1.60 bits per heavy atom. The van der Waals surface area contributed by atoms with Gasteiger partial charge in [0.25, 0.3) is 0 Å². The zero-order valence-corrected chi connectivity index (χ0v) is 25.1. The molecule has 2 aliphatic rings. The van der Waals surface area contributed by atoms with Gasteiger partial charge in [-0.3, -0.25) is 0 Å². The second kappa shape index (κ2) is 10.5. The van der Waals surface area contributed by atoms with E-state index in [4.69, 9.17) is 41.7 Å². The van der Waals surface area contributed by atoms with E-state index < -0.39 is 20.1 Å². The van der Waals surface area contributed by atoms with Crippen molar-refractivity contribution in [3.05, 3.63) is 60.7 Å². The van der Waals surface area contributed by atoms with Gasteiger partial charge in [-0.1, -0.05) is 88.4 Å². The first-order valence-electron chi connectivity index (χ1n) is 11.8. The summed E-state index contributed by atoms with van der Waals surface area (Å²) in [5, 5.41) is 1.58. The summed E-state index contributed by atoms with van der Waals surface area (Å²) < 4.78 is 40.0. The highest BCUT2D eigenvalue weighted by Gasteiger charge is 2.46. The molecule has 2 aromatic carbocycles. The quantitative estimate of drug-likeness (QED) is 0.370. The molecule has 35 heavy (non-hydrogen) atoms. The Kier molecular flexibility index (Phi) is 8.37. The molecule has 2 heterocycles. The highest BCUT2D eigenvalue weighted by molar-refractivity contribution is 8.12. The molecule has 0 N–H and O–H groups in total. The molecule has 0 amide bonds. The molecule has 2 saturated heterocycles. The normalized spacial score (nSPS) is 23.9. The van der Waals surface area contributed by atoms with Crippen molar-refractivity contribution in [2.24, 2.45) is 10.8 Å². The van der Waals surface area contributed by atoms with Gasteiger partial charge in [-0.2, -0.15) is 0 Å². The lowest BCUT2D eigenvalue weighted by Crippen LogP contribution is -2.37. The van der Waals surface area contributed by atoms with Crippen LogP contribution < -0.4 is 10.6 Å². The predicted molar refractivity (Wildman–Crippen MR) is 153 cm³/mol. The lowest BCUT2D eigenvalue weighted by Gasteiger charge is -2.43. The van der Waals surface area contributed by atoms with Gasteiger partial charge in [0, 0.05) is 33.8 Å². The maximum Gasteiger partial charge on any atom is 0.192 e. The predicted octanol–water partition coefficient (Wildman–Crippen LogP) is 6.13. The number of hydrogen-bond donors (Lipinski definition) is 0. The second-order valence-corrected chi connectivity index (χ2v) is 21.5. The lowest BCUT2D eigenvalue weighted by molar-refractivity contribution is 0.0546. The van der Waals surface area contributed by atoms with Gasteiger partial charge in [-0.25, -0.2) is 0 Å². The summed E-state index contributed by atoms with van der Waals surface area (Å²) in [7, 11) is -3.08. The Bertz CT molecular complexity index is 1100. The molecule has 1 unspecified atom stereocenters. The van der Waals surface area contributed by atoms with E-state index >= 15 is 0 Å². The van der Waals surface area contributed by atoms with E-state index in [1.54, 1.807) is 0 Å². The highest BCUT2D eigenvalue weighted by Crippen LogP contribution is 2.66. The van der Waals surface area contributed by atoms with Gasteiger partial charge in [0.05, 0.1) is 32.1 Å². The third-order valence-corrected chi connectivity index (χ3v) is 16.8. The van der Waals surface area contributed by atoms with Crippen LogP contribution in [0.25, 0.3) is 0 Å². The maximum atomic E-state index is 14.9. The average Bonchev–Trinajstić information content (AvgIpc) is 2.84. The van der Waals surface area contributed by atoms with Crippen LogP contribution in [0.1, 0.15) is 27.7 Å². The third kappa shape index (κ3) is 6.63. The maximum absolute atomic E-state index is 14.9. The summed E-state index contributed by atoms with van der Waals surface area (Å²) in [6.07, 6.45) is 0.688. The van der Waals surface area contributed by atoms with Crippen LogP contribution in [0.3, 0.4) is 0 Å². The van der Waals surface area contributed by atoms with Crippen molar-refractivity contribution in [1.82, 2.24) is 0 Å². The minimum Gasteiger partial charge on any atom is -0.329 e.